The molecule has 9 heavy (non-hydrogen) atoms. The van der Waals surface area contributed by atoms with Crippen LogP contribution in [0.3, 0.4) is 0 Å². The van der Waals surface area contributed by atoms with E-state index in [1.807, 2.05) is 6.92 Å². The first-order chi connectivity index (χ1) is 3.77. The van der Waals surface area contributed by atoms with Gasteiger partial charge in [-0.2, -0.15) is 0 Å². The molecule has 0 spiro atoms. The molecule has 0 unspecified atom stereocenters. The Morgan fingerprint density at radius 2 is 2.00 bits per heavy atom. The second-order valence-electron chi connectivity index (χ2n) is 1.22. The molecule has 0 amide bonds. The van der Waals surface area contributed by atoms with Crippen molar-refractivity contribution in [3.05, 3.63) is 24.3 Å². The number of carboxylic acid groups (broad SMARTS) is 1. The third-order valence-corrected chi connectivity index (χ3v) is 0.542. The van der Waals surface area contributed by atoms with E-state index in [-0.39, 0.29) is 58.2 Å². The number of allylic oxidation sites excluding steroid dienone is 3. The first kappa shape index (κ1) is 12.4. The number of aliphatic carboxylic acids is 1. The summed E-state index contributed by atoms with van der Waals surface area (Å²) in [5.74, 6) is -0.914. The van der Waals surface area contributed by atoms with Gasteiger partial charge < -0.3 is 5.11 Å². The van der Waals surface area contributed by atoms with Gasteiger partial charge in [-0.1, -0.05) is 18.2 Å². The quantitative estimate of drug-likeness (QED) is 0.520. The third kappa shape index (κ3) is 12.1. The second kappa shape index (κ2) is 8.76. The van der Waals surface area contributed by atoms with E-state index in [0.29, 0.717) is 0 Å². The van der Waals surface area contributed by atoms with Crippen molar-refractivity contribution in [2.75, 3.05) is 0 Å². The molecule has 0 atom stereocenters. The maximum atomic E-state index is 9.75. The molecular weight excluding hydrogens is 190 g/mol. The Balaban J connectivity index is 0. The average Bonchev–Trinajstić information content (AvgIpc) is 1.66. The SMILES string of the molecule is C/C=C/C=C/C(=O)O.[RbH]. The molecule has 0 fully saturated rings. The van der Waals surface area contributed by atoms with E-state index in [4.69, 9.17) is 5.11 Å². The van der Waals surface area contributed by atoms with Crippen LogP contribution in [0.15, 0.2) is 24.3 Å². The number of carboxylic acids is 1. The Morgan fingerprint density at radius 3 is 2.33 bits per heavy atom. The Labute approximate surface area is 103 Å². The summed E-state index contributed by atoms with van der Waals surface area (Å²) in [6.07, 6.45) is 5.98. The molecule has 0 aromatic heterocycles. The van der Waals surface area contributed by atoms with Gasteiger partial charge in [0, 0.05) is 6.08 Å². The molecule has 2 nitrogen and oxygen atoms in total. The van der Waals surface area contributed by atoms with Crippen LogP contribution in [0, 0.1) is 0 Å². The molecule has 0 aliphatic heterocycles. The van der Waals surface area contributed by atoms with Crippen LogP contribution in [-0.4, -0.2) is 69.3 Å². The zero-order valence-electron chi connectivity index (χ0n) is 4.66. The molecular formula is C6H9O2Rb. The summed E-state index contributed by atoms with van der Waals surface area (Å²) in [4.78, 5) is 9.75. The van der Waals surface area contributed by atoms with Gasteiger partial charge in [-0.3, -0.25) is 0 Å². The molecule has 0 saturated carbocycles. The van der Waals surface area contributed by atoms with E-state index in [0.717, 1.165) is 6.08 Å². The summed E-state index contributed by atoms with van der Waals surface area (Å²) in [6, 6.07) is 0. The minimum atomic E-state index is -0.914. The van der Waals surface area contributed by atoms with Crippen LogP contribution in [0.2, 0.25) is 0 Å². The molecule has 0 bridgehead atoms. The van der Waals surface area contributed by atoms with E-state index < -0.39 is 5.97 Å². The van der Waals surface area contributed by atoms with Gasteiger partial charge in [0.2, 0.25) is 0 Å². The van der Waals surface area contributed by atoms with Gasteiger partial charge in [-0.05, 0) is 6.92 Å². The monoisotopic (exact) mass is 198 g/mol. The molecule has 46 valence electrons. The van der Waals surface area contributed by atoms with Crippen molar-refractivity contribution >= 4 is 64.2 Å². The molecule has 0 rings (SSSR count). The summed E-state index contributed by atoms with van der Waals surface area (Å²) in [6.45, 7) is 1.83. The molecule has 0 heterocycles. The van der Waals surface area contributed by atoms with Crippen LogP contribution < -0.4 is 0 Å². The van der Waals surface area contributed by atoms with E-state index in [9.17, 15) is 4.79 Å². The molecule has 0 radical (unpaired) electrons. The van der Waals surface area contributed by atoms with Gasteiger partial charge in [0.1, 0.15) is 0 Å². The van der Waals surface area contributed by atoms with E-state index in [2.05, 4.69) is 0 Å². The van der Waals surface area contributed by atoms with Gasteiger partial charge in [-0.25, -0.2) is 4.79 Å². The maximum absolute atomic E-state index is 9.75. The summed E-state index contributed by atoms with van der Waals surface area (Å²) < 4.78 is 0. The molecule has 3 heteroatoms. The fraction of sp³-hybridized carbons (Fsp3) is 0.167. The van der Waals surface area contributed by atoms with E-state index >= 15 is 0 Å². The van der Waals surface area contributed by atoms with Gasteiger partial charge in [-0.15, -0.1) is 0 Å². The Morgan fingerprint density at radius 1 is 1.44 bits per heavy atom. The number of rotatable bonds is 2. The zero-order valence-corrected chi connectivity index (χ0v) is 4.66. The zero-order chi connectivity index (χ0) is 6.41. The Kier molecular flexibility index (Phi) is 12.1. The van der Waals surface area contributed by atoms with Gasteiger partial charge in [0.25, 0.3) is 0 Å². The fourth-order valence-corrected chi connectivity index (χ4v) is 0.249. The summed E-state index contributed by atoms with van der Waals surface area (Å²) >= 11 is 0. The van der Waals surface area contributed by atoms with Crippen molar-refractivity contribution in [3.63, 3.8) is 0 Å². The van der Waals surface area contributed by atoms with Crippen molar-refractivity contribution in [2.45, 2.75) is 6.92 Å². The molecule has 1 N–H and O–H groups in total. The number of carbonyl (C=O) groups is 1. The van der Waals surface area contributed by atoms with E-state index in [1.165, 1.54) is 6.08 Å². The van der Waals surface area contributed by atoms with Gasteiger partial charge >= 0.3 is 64.2 Å². The average molecular weight is 199 g/mol. The van der Waals surface area contributed by atoms with E-state index in [1.54, 1.807) is 12.2 Å². The van der Waals surface area contributed by atoms with Gasteiger partial charge in [0.05, 0.1) is 0 Å². The van der Waals surface area contributed by atoms with Gasteiger partial charge in [0.15, 0.2) is 0 Å². The third-order valence-electron chi connectivity index (χ3n) is 0.542. The van der Waals surface area contributed by atoms with Crippen LogP contribution in [0.1, 0.15) is 6.92 Å². The van der Waals surface area contributed by atoms with Crippen molar-refractivity contribution in [1.82, 2.24) is 0 Å². The Bertz CT molecular complexity index is 127. The minimum absolute atomic E-state index is 0. The van der Waals surface area contributed by atoms with Crippen molar-refractivity contribution < 1.29 is 9.90 Å². The molecule has 0 aromatic rings. The van der Waals surface area contributed by atoms with Crippen molar-refractivity contribution in [1.29, 1.82) is 0 Å². The van der Waals surface area contributed by atoms with Crippen LogP contribution in [0.4, 0.5) is 0 Å². The summed E-state index contributed by atoms with van der Waals surface area (Å²) in [5, 5.41) is 8.02. The first-order valence-corrected chi connectivity index (χ1v) is 2.29. The molecule has 0 aromatic carbocycles. The van der Waals surface area contributed by atoms with Crippen molar-refractivity contribution in [3.8, 4) is 0 Å². The first-order valence-electron chi connectivity index (χ1n) is 2.29. The summed E-state index contributed by atoms with van der Waals surface area (Å²) in [7, 11) is 0. The summed E-state index contributed by atoms with van der Waals surface area (Å²) in [5.41, 5.74) is 0. The topological polar surface area (TPSA) is 37.3 Å². The van der Waals surface area contributed by atoms with Crippen LogP contribution in [0.5, 0.6) is 0 Å². The number of hydrogen-bond donors (Lipinski definition) is 1. The predicted molar refractivity (Wildman–Crippen MR) is 38.7 cm³/mol. The van der Waals surface area contributed by atoms with Crippen LogP contribution >= 0.6 is 0 Å². The molecule has 0 aliphatic rings. The van der Waals surface area contributed by atoms with Crippen LogP contribution in [-0.2, 0) is 4.79 Å². The van der Waals surface area contributed by atoms with Crippen LogP contribution in [0.25, 0.3) is 0 Å². The molecule has 0 aliphatic carbocycles. The number of hydrogen-bond acceptors (Lipinski definition) is 1. The molecule has 0 saturated heterocycles. The Hall–Kier alpha value is 0.755. The second-order valence-corrected chi connectivity index (χ2v) is 1.22. The normalized spacial score (nSPS) is 9.89. The standard InChI is InChI=1S/C6H8O2.Rb.H/c1-2-3-4-5-6(7)8;;/h2-5H,1H3,(H,7,8);;/b3-2+,5-4+;;. The van der Waals surface area contributed by atoms with Crippen molar-refractivity contribution in [2.24, 2.45) is 0 Å². The predicted octanol–water partition coefficient (Wildman–Crippen LogP) is 0.555. The fourth-order valence-electron chi connectivity index (χ4n) is 0.249.